The van der Waals surface area contributed by atoms with E-state index in [4.69, 9.17) is 0 Å². The van der Waals surface area contributed by atoms with E-state index in [0.29, 0.717) is 6.54 Å². The van der Waals surface area contributed by atoms with Crippen molar-refractivity contribution >= 4 is 11.8 Å². The molecule has 0 aromatic carbocycles. The largest absolute Gasteiger partial charge is 0.344 e. The van der Waals surface area contributed by atoms with Gasteiger partial charge in [0.1, 0.15) is 11.9 Å². The molecule has 2 rings (SSSR count). The molecule has 0 bridgehead atoms. The number of aromatic nitrogens is 3. The Kier molecular flexibility index (Phi) is 4.59. The summed E-state index contributed by atoms with van der Waals surface area (Å²) >= 11 is 0. The maximum Gasteiger partial charge on any atom is 0.245 e. The van der Waals surface area contributed by atoms with E-state index in [0.717, 1.165) is 31.0 Å². The van der Waals surface area contributed by atoms with Crippen molar-refractivity contribution in [1.29, 1.82) is 0 Å². The van der Waals surface area contributed by atoms with Crippen LogP contribution in [-0.4, -0.2) is 44.6 Å². The molecule has 1 aliphatic rings. The quantitative estimate of drug-likeness (QED) is 0.849. The molecule has 1 aliphatic heterocycles. The molecule has 0 radical (unpaired) electrons. The van der Waals surface area contributed by atoms with Crippen LogP contribution in [0.1, 0.15) is 38.8 Å². The molecular formula is C14H23N5O2. The average Bonchev–Trinajstić information content (AvgIpc) is 2.99. The Bertz CT molecular complexity index is 537. The summed E-state index contributed by atoms with van der Waals surface area (Å²) in [6.45, 7) is 6.59. The molecule has 116 valence electrons. The molecule has 0 fully saturated rings. The van der Waals surface area contributed by atoms with Crippen molar-refractivity contribution in [3.05, 3.63) is 11.6 Å². The lowest BCUT2D eigenvalue weighted by Gasteiger charge is -2.26. The lowest BCUT2D eigenvalue weighted by atomic mass is 10.0. The van der Waals surface area contributed by atoms with Crippen LogP contribution >= 0.6 is 0 Å². The Morgan fingerprint density at radius 1 is 1.38 bits per heavy atom. The monoisotopic (exact) mass is 293 g/mol. The fourth-order valence-electron chi connectivity index (χ4n) is 2.59. The number of hydrogen-bond donors (Lipinski definition) is 1. The predicted octanol–water partition coefficient (Wildman–Crippen LogP) is 0.343. The van der Waals surface area contributed by atoms with Crippen LogP contribution in [-0.2, 0) is 29.1 Å². The van der Waals surface area contributed by atoms with Crippen LogP contribution in [0.25, 0.3) is 0 Å². The fourth-order valence-corrected chi connectivity index (χ4v) is 2.59. The highest BCUT2D eigenvalue weighted by molar-refractivity contribution is 5.86. The van der Waals surface area contributed by atoms with Crippen molar-refractivity contribution in [2.45, 2.75) is 52.7 Å². The average molecular weight is 293 g/mol. The van der Waals surface area contributed by atoms with Gasteiger partial charge in [0.25, 0.3) is 0 Å². The van der Waals surface area contributed by atoms with Gasteiger partial charge in [0.15, 0.2) is 5.82 Å². The molecular weight excluding hydrogens is 270 g/mol. The Labute approximate surface area is 124 Å². The first-order chi connectivity index (χ1) is 9.90. The normalized spacial score (nSPS) is 14.9. The highest BCUT2D eigenvalue weighted by Crippen LogP contribution is 2.15. The molecule has 7 heteroatoms. The number of fused-ring (bicyclic) bond motifs is 1. The molecule has 1 atom stereocenters. The first kappa shape index (κ1) is 15.5. The summed E-state index contributed by atoms with van der Waals surface area (Å²) in [5.74, 6) is 1.54. The second-order valence-electron chi connectivity index (χ2n) is 5.90. The maximum absolute atomic E-state index is 12.5. The van der Waals surface area contributed by atoms with E-state index in [1.807, 2.05) is 13.8 Å². The zero-order valence-electron chi connectivity index (χ0n) is 13.1. The number of rotatable bonds is 5. The van der Waals surface area contributed by atoms with Crippen molar-refractivity contribution in [2.75, 3.05) is 7.05 Å². The van der Waals surface area contributed by atoms with Crippen LogP contribution in [0.4, 0.5) is 0 Å². The number of nitrogens with zero attached hydrogens (tertiary/aromatic N) is 4. The minimum Gasteiger partial charge on any atom is -0.344 e. The Morgan fingerprint density at radius 2 is 2.10 bits per heavy atom. The third-order valence-corrected chi connectivity index (χ3v) is 3.73. The number of carbonyl (C=O) groups excluding carboxylic acids is 2. The molecule has 7 nitrogen and oxygen atoms in total. The van der Waals surface area contributed by atoms with Crippen molar-refractivity contribution in [2.24, 2.45) is 5.92 Å². The van der Waals surface area contributed by atoms with Gasteiger partial charge < -0.3 is 14.8 Å². The number of hydrogen-bond acceptors (Lipinski definition) is 4. The number of likely N-dealkylation sites (N-methyl/N-ethyl adjacent to an activating group) is 1. The van der Waals surface area contributed by atoms with Crippen LogP contribution in [0.5, 0.6) is 0 Å². The SMILES string of the molecule is CC(=O)N[C@@H](C(=O)N(C)Cc1nnc2n1CCC2)C(C)C. The third kappa shape index (κ3) is 3.40. The summed E-state index contributed by atoms with van der Waals surface area (Å²) in [7, 11) is 1.73. The minimum atomic E-state index is -0.506. The number of amides is 2. The number of carbonyl (C=O) groups is 2. The number of aryl methyl sites for hydroxylation is 1. The summed E-state index contributed by atoms with van der Waals surface area (Å²) in [6, 6.07) is -0.506. The van der Waals surface area contributed by atoms with Gasteiger partial charge in [-0.15, -0.1) is 10.2 Å². The van der Waals surface area contributed by atoms with E-state index < -0.39 is 6.04 Å². The summed E-state index contributed by atoms with van der Waals surface area (Å²) < 4.78 is 2.08. The van der Waals surface area contributed by atoms with E-state index in [2.05, 4.69) is 20.1 Å². The van der Waals surface area contributed by atoms with Crippen molar-refractivity contribution < 1.29 is 9.59 Å². The highest BCUT2D eigenvalue weighted by atomic mass is 16.2. The summed E-state index contributed by atoms with van der Waals surface area (Å²) in [5.41, 5.74) is 0. The Balaban J connectivity index is 2.05. The van der Waals surface area contributed by atoms with Gasteiger partial charge in [-0.3, -0.25) is 9.59 Å². The van der Waals surface area contributed by atoms with E-state index in [9.17, 15) is 9.59 Å². The Morgan fingerprint density at radius 3 is 2.71 bits per heavy atom. The van der Waals surface area contributed by atoms with Gasteiger partial charge in [0, 0.05) is 26.9 Å². The van der Waals surface area contributed by atoms with Crippen LogP contribution in [0.15, 0.2) is 0 Å². The van der Waals surface area contributed by atoms with E-state index in [1.165, 1.54) is 6.92 Å². The van der Waals surface area contributed by atoms with Gasteiger partial charge >= 0.3 is 0 Å². The van der Waals surface area contributed by atoms with Gasteiger partial charge in [-0.2, -0.15) is 0 Å². The zero-order valence-corrected chi connectivity index (χ0v) is 13.1. The second-order valence-corrected chi connectivity index (χ2v) is 5.90. The molecule has 21 heavy (non-hydrogen) atoms. The van der Waals surface area contributed by atoms with E-state index in [1.54, 1.807) is 11.9 Å². The first-order valence-electron chi connectivity index (χ1n) is 7.33. The molecule has 0 unspecified atom stereocenters. The molecule has 2 heterocycles. The van der Waals surface area contributed by atoms with Gasteiger partial charge in [0.2, 0.25) is 11.8 Å². The molecule has 1 aromatic heterocycles. The summed E-state index contributed by atoms with van der Waals surface area (Å²) in [5, 5.41) is 11.0. The molecule has 0 spiro atoms. The van der Waals surface area contributed by atoms with Crippen LogP contribution in [0, 0.1) is 5.92 Å². The zero-order chi connectivity index (χ0) is 15.6. The molecule has 1 N–H and O–H groups in total. The van der Waals surface area contributed by atoms with Gasteiger partial charge in [-0.05, 0) is 12.3 Å². The molecule has 0 saturated heterocycles. The van der Waals surface area contributed by atoms with Gasteiger partial charge in [-0.25, -0.2) is 0 Å². The van der Waals surface area contributed by atoms with Gasteiger partial charge in [0.05, 0.1) is 6.54 Å². The molecule has 0 aliphatic carbocycles. The van der Waals surface area contributed by atoms with Crippen LogP contribution in [0.2, 0.25) is 0 Å². The maximum atomic E-state index is 12.5. The topological polar surface area (TPSA) is 80.1 Å². The van der Waals surface area contributed by atoms with Crippen LogP contribution < -0.4 is 5.32 Å². The van der Waals surface area contributed by atoms with E-state index in [-0.39, 0.29) is 17.7 Å². The smallest absolute Gasteiger partial charge is 0.245 e. The molecule has 1 aromatic rings. The van der Waals surface area contributed by atoms with Crippen molar-refractivity contribution in [3.63, 3.8) is 0 Å². The minimum absolute atomic E-state index is 0.0352. The van der Waals surface area contributed by atoms with Crippen LogP contribution in [0.3, 0.4) is 0 Å². The third-order valence-electron chi connectivity index (χ3n) is 3.73. The molecule has 2 amide bonds. The van der Waals surface area contributed by atoms with Crippen molar-refractivity contribution in [1.82, 2.24) is 25.0 Å². The lowest BCUT2D eigenvalue weighted by Crippen LogP contribution is -2.49. The van der Waals surface area contributed by atoms with E-state index >= 15 is 0 Å². The first-order valence-corrected chi connectivity index (χ1v) is 7.33. The van der Waals surface area contributed by atoms with Gasteiger partial charge in [-0.1, -0.05) is 13.8 Å². The molecule has 0 saturated carbocycles. The predicted molar refractivity (Wildman–Crippen MR) is 77.3 cm³/mol. The fraction of sp³-hybridized carbons (Fsp3) is 0.714. The second kappa shape index (κ2) is 6.24. The highest BCUT2D eigenvalue weighted by Gasteiger charge is 2.27. The lowest BCUT2D eigenvalue weighted by molar-refractivity contribution is -0.136. The number of nitrogens with one attached hydrogen (secondary N) is 1. The standard InChI is InChI=1S/C14H23N5O2/c1-9(2)13(15-10(3)20)14(21)18(4)8-12-17-16-11-6-5-7-19(11)12/h9,13H,5-8H2,1-4H3,(H,15,20)/t13-/m1/s1. The summed E-state index contributed by atoms with van der Waals surface area (Å²) in [4.78, 5) is 25.4. The van der Waals surface area contributed by atoms with Crippen molar-refractivity contribution in [3.8, 4) is 0 Å². The Hall–Kier alpha value is -1.92. The summed E-state index contributed by atoms with van der Waals surface area (Å²) in [6.07, 6.45) is 2.03.